The van der Waals surface area contributed by atoms with Crippen molar-refractivity contribution in [2.75, 3.05) is 5.73 Å². The third-order valence-electron chi connectivity index (χ3n) is 3.95. The van der Waals surface area contributed by atoms with Crippen molar-refractivity contribution in [1.82, 2.24) is 24.7 Å². The molecule has 0 unspecified atom stereocenters. The molecule has 0 fully saturated rings. The van der Waals surface area contributed by atoms with Crippen molar-refractivity contribution in [3.8, 4) is 0 Å². The fourth-order valence-corrected chi connectivity index (χ4v) is 3.13. The highest BCUT2D eigenvalue weighted by molar-refractivity contribution is 6.34. The summed E-state index contributed by atoms with van der Waals surface area (Å²) in [7, 11) is 0. The van der Waals surface area contributed by atoms with Crippen LogP contribution in [0.5, 0.6) is 0 Å². The summed E-state index contributed by atoms with van der Waals surface area (Å²) >= 11 is 12.6. The number of fused-ring (bicyclic) bond motifs is 1. The molecule has 6 nitrogen and oxygen atoms in total. The van der Waals surface area contributed by atoms with Crippen LogP contribution in [0.2, 0.25) is 10.2 Å². The first kappa shape index (κ1) is 16.9. The number of hydrogen-bond acceptors (Lipinski definition) is 5. The Hall–Kier alpha value is -1.92. The van der Waals surface area contributed by atoms with Gasteiger partial charge >= 0.3 is 0 Å². The van der Waals surface area contributed by atoms with Crippen molar-refractivity contribution in [2.45, 2.75) is 40.2 Å². The molecule has 0 aromatic carbocycles. The average Bonchev–Trinajstić information content (AvgIpc) is 2.86. The Kier molecular flexibility index (Phi) is 4.60. The Morgan fingerprint density at radius 1 is 1.17 bits per heavy atom. The molecule has 0 atom stereocenters. The van der Waals surface area contributed by atoms with Gasteiger partial charge in [0.2, 0.25) is 5.95 Å². The van der Waals surface area contributed by atoms with Crippen LogP contribution in [0.3, 0.4) is 0 Å². The van der Waals surface area contributed by atoms with E-state index in [4.69, 9.17) is 28.9 Å². The summed E-state index contributed by atoms with van der Waals surface area (Å²) in [6, 6.07) is 0. The molecule has 0 aliphatic heterocycles. The highest BCUT2D eigenvalue weighted by atomic mass is 35.5. The van der Waals surface area contributed by atoms with Gasteiger partial charge in [-0.05, 0) is 31.4 Å². The molecular weight excluding hydrogens is 347 g/mol. The zero-order chi connectivity index (χ0) is 17.4. The lowest BCUT2D eigenvalue weighted by atomic mass is 10.1. The van der Waals surface area contributed by atoms with Crippen LogP contribution in [0.25, 0.3) is 11.0 Å². The number of rotatable bonds is 4. The minimum Gasteiger partial charge on any atom is -0.368 e. The molecule has 8 heteroatoms. The van der Waals surface area contributed by atoms with E-state index >= 15 is 0 Å². The maximum atomic E-state index is 6.34. The van der Waals surface area contributed by atoms with Crippen molar-refractivity contribution < 1.29 is 0 Å². The van der Waals surface area contributed by atoms with Gasteiger partial charge in [0, 0.05) is 11.2 Å². The quantitative estimate of drug-likeness (QED) is 0.713. The van der Waals surface area contributed by atoms with E-state index in [1.54, 1.807) is 10.9 Å². The Morgan fingerprint density at radius 2 is 1.92 bits per heavy atom. The first-order chi connectivity index (χ1) is 11.4. The fourth-order valence-electron chi connectivity index (χ4n) is 2.69. The van der Waals surface area contributed by atoms with Gasteiger partial charge in [0.05, 0.1) is 23.3 Å². The number of halogens is 2. The minimum atomic E-state index is 0.128. The lowest BCUT2D eigenvalue weighted by molar-refractivity contribution is 0.666. The van der Waals surface area contributed by atoms with Crippen molar-refractivity contribution in [3.05, 3.63) is 38.9 Å². The predicted molar refractivity (Wildman–Crippen MR) is 96.6 cm³/mol. The molecule has 3 aromatic rings. The predicted octanol–water partition coefficient (Wildman–Crippen LogP) is 3.73. The molecule has 3 heterocycles. The zero-order valence-electron chi connectivity index (χ0n) is 13.8. The number of anilines is 1. The monoisotopic (exact) mass is 364 g/mol. The second kappa shape index (κ2) is 6.53. The molecule has 0 saturated carbocycles. The molecule has 3 aromatic heterocycles. The molecule has 126 valence electrons. The number of pyridine rings is 1. The van der Waals surface area contributed by atoms with Crippen LogP contribution >= 0.6 is 23.2 Å². The van der Waals surface area contributed by atoms with Gasteiger partial charge in [0.25, 0.3) is 0 Å². The zero-order valence-corrected chi connectivity index (χ0v) is 15.3. The Labute approximate surface area is 150 Å². The maximum absolute atomic E-state index is 6.34. The van der Waals surface area contributed by atoms with Gasteiger partial charge in [0.1, 0.15) is 5.15 Å². The SMILES string of the molecule is CCCc1nn(Cc2ncc(C)c(Cl)c2C)c2nc(N)nc(Cl)c12. The molecule has 0 aliphatic rings. The van der Waals surface area contributed by atoms with Gasteiger partial charge in [-0.1, -0.05) is 36.5 Å². The van der Waals surface area contributed by atoms with E-state index in [2.05, 4.69) is 27.0 Å². The number of nitrogens with two attached hydrogens (primary N) is 1. The second-order valence-electron chi connectivity index (χ2n) is 5.75. The fraction of sp³-hybridized carbons (Fsp3) is 0.375. The number of nitrogen functional groups attached to an aromatic ring is 1. The Morgan fingerprint density at radius 3 is 2.62 bits per heavy atom. The molecular formula is C16H18Cl2N6. The molecule has 0 amide bonds. The summed E-state index contributed by atoms with van der Waals surface area (Å²) < 4.78 is 1.77. The van der Waals surface area contributed by atoms with E-state index in [1.165, 1.54) is 0 Å². The number of hydrogen-bond donors (Lipinski definition) is 1. The van der Waals surface area contributed by atoms with E-state index in [0.29, 0.717) is 17.3 Å². The third kappa shape index (κ3) is 2.91. The van der Waals surface area contributed by atoms with E-state index in [-0.39, 0.29) is 5.95 Å². The van der Waals surface area contributed by atoms with Crippen LogP contribution in [0.1, 0.15) is 35.9 Å². The summed E-state index contributed by atoms with van der Waals surface area (Å²) in [5.41, 5.74) is 9.97. The molecule has 24 heavy (non-hydrogen) atoms. The normalized spacial score (nSPS) is 11.4. The average molecular weight is 365 g/mol. The third-order valence-corrected chi connectivity index (χ3v) is 4.80. The number of aryl methyl sites for hydroxylation is 2. The van der Waals surface area contributed by atoms with Gasteiger partial charge in [-0.3, -0.25) is 4.98 Å². The van der Waals surface area contributed by atoms with Gasteiger partial charge in [-0.25, -0.2) is 9.67 Å². The molecule has 0 bridgehead atoms. The second-order valence-corrected chi connectivity index (χ2v) is 6.49. The summed E-state index contributed by atoms with van der Waals surface area (Å²) in [4.78, 5) is 12.9. The molecule has 0 saturated heterocycles. The van der Waals surface area contributed by atoms with E-state index in [0.717, 1.165) is 45.8 Å². The minimum absolute atomic E-state index is 0.128. The van der Waals surface area contributed by atoms with Crippen molar-refractivity contribution in [3.63, 3.8) is 0 Å². The van der Waals surface area contributed by atoms with Crippen LogP contribution in [0.4, 0.5) is 5.95 Å². The maximum Gasteiger partial charge on any atom is 0.223 e. The highest BCUT2D eigenvalue weighted by Gasteiger charge is 2.18. The lowest BCUT2D eigenvalue weighted by Gasteiger charge is -2.09. The van der Waals surface area contributed by atoms with E-state index in [1.807, 2.05) is 13.8 Å². The van der Waals surface area contributed by atoms with Gasteiger partial charge in [-0.2, -0.15) is 10.1 Å². The van der Waals surface area contributed by atoms with Crippen LogP contribution < -0.4 is 5.73 Å². The van der Waals surface area contributed by atoms with Crippen LogP contribution in [0.15, 0.2) is 6.20 Å². The van der Waals surface area contributed by atoms with Crippen molar-refractivity contribution >= 4 is 40.2 Å². The molecule has 0 spiro atoms. The molecule has 0 radical (unpaired) electrons. The number of nitrogens with zero attached hydrogens (tertiary/aromatic N) is 5. The summed E-state index contributed by atoms with van der Waals surface area (Å²) in [6.45, 7) is 6.41. The van der Waals surface area contributed by atoms with Gasteiger partial charge < -0.3 is 5.73 Å². The summed E-state index contributed by atoms with van der Waals surface area (Å²) in [6.07, 6.45) is 3.50. The summed E-state index contributed by atoms with van der Waals surface area (Å²) in [5, 5.41) is 6.47. The van der Waals surface area contributed by atoms with Crippen LogP contribution in [-0.4, -0.2) is 24.7 Å². The highest BCUT2D eigenvalue weighted by Crippen LogP contribution is 2.27. The topological polar surface area (TPSA) is 82.5 Å². The first-order valence-electron chi connectivity index (χ1n) is 7.71. The smallest absolute Gasteiger partial charge is 0.223 e. The van der Waals surface area contributed by atoms with Crippen molar-refractivity contribution in [2.24, 2.45) is 0 Å². The first-order valence-corrected chi connectivity index (χ1v) is 8.47. The molecule has 0 aliphatic carbocycles. The van der Waals surface area contributed by atoms with Crippen LogP contribution in [-0.2, 0) is 13.0 Å². The van der Waals surface area contributed by atoms with Crippen LogP contribution in [0, 0.1) is 13.8 Å². The summed E-state index contributed by atoms with van der Waals surface area (Å²) in [5.74, 6) is 0.128. The molecule has 2 N–H and O–H groups in total. The Balaban J connectivity index is 2.15. The van der Waals surface area contributed by atoms with Gasteiger partial charge in [0.15, 0.2) is 5.65 Å². The van der Waals surface area contributed by atoms with E-state index < -0.39 is 0 Å². The van der Waals surface area contributed by atoms with Crippen molar-refractivity contribution in [1.29, 1.82) is 0 Å². The largest absolute Gasteiger partial charge is 0.368 e. The standard InChI is InChI=1S/C16H18Cl2N6/c1-4-5-10-12-14(18)21-16(19)22-15(12)24(23-10)7-11-9(3)13(17)8(2)6-20-11/h6H,4-5,7H2,1-3H3,(H2,19,21,22). The number of aromatic nitrogens is 5. The Bertz CT molecular complexity index is 919. The lowest BCUT2D eigenvalue weighted by Crippen LogP contribution is -2.08. The molecule has 3 rings (SSSR count). The van der Waals surface area contributed by atoms with Gasteiger partial charge in [-0.15, -0.1) is 0 Å². The van der Waals surface area contributed by atoms with E-state index in [9.17, 15) is 0 Å².